The van der Waals surface area contributed by atoms with E-state index in [-0.39, 0.29) is 4.88 Å². The molecule has 0 fully saturated rings. The standard InChI is InChI=1S/C11H7BrF3NOS/c12-7-3-1-2-6(4-7)9(17)8-5-16-10(18-8)11(13,14)15/h1-5,9,17H. The molecule has 0 radical (unpaired) electrons. The molecule has 18 heavy (non-hydrogen) atoms. The van der Waals surface area contributed by atoms with Crippen LogP contribution in [0, 0.1) is 0 Å². The average molecular weight is 338 g/mol. The lowest BCUT2D eigenvalue weighted by Crippen LogP contribution is -2.03. The topological polar surface area (TPSA) is 33.1 Å². The Balaban J connectivity index is 2.29. The van der Waals surface area contributed by atoms with Crippen LogP contribution in [0.3, 0.4) is 0 Å². The maximum Gasteiger partial charge on any atom is 0.443 e. The van der Waals surface area contributed by atoms with Gasteiger partial charge in [-0.25, -0.2) is 4.98 Å². The fourth-order valence-electron chi connectivity index (χ4n) is 1.38. The minimum absolute atomic E-state index is 0.167. The highest BCUT2D eigenvalue weighted by Crippen LogP contribution is 2.36. The summed E-state index contributed by atoms with van der Waals surface area (Å²) in [6.07, 6.45) is -4.52. The van der Waals surface area contributed by atoms with Gasteiger partial charge in [0.2, 0.25) is 0 Å². The summed E-state index contributed by atoms with van der Waals surface area (Å²) in [5.41, 5.74) is 0.516. The van der Waals surface area contributed by atoms with Gasteiger partial charge >= 0.3 is 6.18 Å². The summed E-state index contributed by atoms with van der Waals surface area (Å²) in [7, 11) is 0. The van der Waals surface area contributed by atoms with E-state index in [4.69, 9.17) is 0 Å². The number of aliphatic hydroxyl groups excluding tert-OH is 1. The van der Waals surface area contributed by atoms with Gasteiger partial charge in [-0.2, -0.15) is 13.2 Å². The molecule has 1 atom stereocenters. The van der Waals surface area contributed by atoms with Crippen LogP contribution in [0.25, 0.3) is 0 Å². The predicted molar refractivity (Wildman–Crippen MR) is 65.3 cm³/mol. The highest BCUT2D eigenvalue weighted by atomic mass is 79.9. The number of rotatable bonds is 2. The molecule has 0 aliphatic heterocycles. The van der Waals surface area contributed by atoms with Crippen LogP contribution in [0.1, 0.15) is 21.6 Å². The van der Waals surface area contributed by atoms with Crippen molar-refractivity contribution in [2.24, 2.45) is 0 Å². The Bertz CT molecular complexity index is 555. The van der Waals surface area contributed by atoms with Crippen molar-refractivity contribution in [1.82, 2.24) is 4.98 Å². The minimum Gasteiger partial charge on any atom is -0.383 e. The van der Waals surface area contributed by atoms with E-state index in [9.17, 15) is 18.3 Å². The largest absolute Gasteiger partial charge is 0.443 e. The first-order valence-electron chi connectivity index (χ1n) is 4.84. The molecule has 0 aliphatic carbocycles. The Labute approximate surface area is 113 Å². The van der Waals surface area contributed by atoms with E-state index in [1.165, 1.54) is 0 Å². The summed E-state index contributed by atoms with van der Waals surface area (Å²) in [5, 5.41) is 9.03. The molecule has 0 saturated heterocycles. The lowest BCUT2D eigenvalue weighted by Gasteiger charge is -2.08. The Morgan fingerprint density at radius 3 is 2.61 bits per heavy atom. The van der Waals surface area contributed by atoms with E-state index in [0.29, 0.717) is 16.9 Å². The molecule has 0 aliphatic rings. The molecule has 1 aromatic carbocycles. The Hall–Kier alpha value is -0.920. The van der Waals surface area contributed by atoms with Crippen LogP contribution in [-0.4, -0.2) is 10.1 Å². The molecule has 0 spiro atoms. The molecule has 0 amide bonds. The molecular formula is C11H7BrF3NOS. The van der Waals surface area contributed by atoms with Crippen molar-refractivity contribution in [3.05, 3.63) is 50.4 Å². The van der Waals surface area contributed by atoms with Crippen molar-refractivity contribution >= 4 is 27.3 Å². The molecule has 0 saturated carbocycles. The van der Waals surface area contributed by atoms with Crippen molar-refractivity contribution < 1.29 is 18.3 Å². The van der Waals surface area contributed by atoms with Gasteiger partial charge in [0.25, 0.3) is 0 Å². The monoisotopic (exact) mass is 337 g/mol. The van der Waals surface area contributed by atoms with Gasteiger partial charge in [0, 0.05) is 10.7 Å². The zero-order valence-corrected chi connectivity index (χ0v) is 11.2. The second-order valence-corrected chi connectivity index (χ2v) is 5.50. The van der Waals surface area contributed by atoms with Crippen molar-refractivity contribution in [3.63, 3.8) is 0 Å². The first-order chi connectivity index (χ1) is 8.38. The van der Waals surface area contributed by atoms with Crippen molar-refractivity contribution in [3.8, 4) is 0 Å². The van der Waals surface area contributed by atoms with Crippen LogP contribution < -0.4 is 0 Å². The number of halogens is 4. The zero-order valence-electron chi connectivity index (χ0n) is 8.78. The van der Waals surface area contributed by atoms with Crippen LogP contribution in [0.5, 0.6) is 0 Å². The number of alkyl halides is 3. The van der Waals surface area contributed by atoms with E-state index in [0.717, 1.165) is 10.7 Å². The molecule has 0 bridgehead atoms. The minimum atomic E-state index is -4.47. The lowest BCUT2D eigenvalue weighted by atomic mass is 10.1. The summed E-state index contributed by atoms with van der Waals surface area (Å²) >= 11 is 3.68. The Morgan fingerprint density at radius 2 is 2.06 bits per heavy atom. The molecule has 1 N–H and O–H groups in total. The van der Waals surface area contributed by atoms with Gasteiger partial charge in [0.15, 0.2) is 5.01 Å². The average Bonchev–Trinajstić information content (AvgIpc) is 2.77. The van der Waals surface area contributed by atoms with Crippen molar-refractivity contribution in [1.29, 1.82) is 0 Å². The quantitative estimate of drug-likeness (QED) is 0.898. The number of aromatic nitrogens is 1. The number of hydrogen-bond acceptors (Lipinski definition) is 3. The first kappa shape index (κ1) is 13.5. The van der Waals surface area contributed by atoms with E-state index in [2.05, 4.69) is 20.9 Å². The van der Waals surface area contributed by atoms with Crippen LogP contribution in [0.4, 0.5) is 13.2 Å². The molecule has 7 heteroatoms. The SMILES string of the molecule is OC(c1cccc(Br)c1)c1cnc(C(F)(F)F)s1. The molecule has 2 aromatic rings. The van der Waals surface area contributed by atoms with E-state index in [1.807, 2.05) is 0 Å². The van der Waals surface area contributed by atoms with E-state index in [1.54, 1.807) is 24.3 Å². The van der Waals surface area contributed by atoms with Crippen molar-refractivity contribution in [2.75, 3.05) is 0 Å². The van der Waals surface area contributed by atoms with Crippen LogP contribution in [-0.2, 0) is 6.18 Å². The molecule has 2 nitrogen and oxygen atoms in total. The number of thiazole rings is 1. The normalized spacial score (nSPS) is 13.6. The summed E-state index contributed by atoms with van der Waals surface area (Å²) < 4.78 is 37.9. The maximum atomic E-state index is 12.4. The van der Waals surface area contributed by atoms with Gasteiger partial charge in [0.1, 0.15) is 6.10 Å². The van der Waals surface area contributed by atoms with Gasteiger partial charge in [-0.3, -0.25) is 0 Å². The molecule has 2 rings (SSSR count). The smallest absolute Gasteiger partial charge is 0.383 e. The summed E-state index contributed by atoms with van der Waals surface area (Å²) in [6, 6.07) is 6.76. The third-order valence-corrected chi connectivity index (χ3v) is 3.79. The Kier molecular flexibility index (Phi) is 3.74. The van der Waals surface area contributed by atoms with Crippen molar-refractivity contribution in [2.45, 2.75) is 12.3 Å². The molecule has 1 aromatic heterocycles. The maximum absolute atomic E-state index is 12.4. The second kappa shape index (κ2) is 4.99. The summed E-state index contributed by atoms with van der Waals surface area (Å²) in [6.45, 7) is 0. The predicted octanol–water partition coefficient (Wildman–Crippen LogP) is 4.01. The van der Waals surface area contributed by atoms with Gasteiger partial charge in [-0.1, -0.05) is 28.1 Å². The highest BCUT2D eigenvalue weighted by Gasteiger charge is 2.35. The first-order valence-corrected chi connectivity index (χ1v) is 6.45. The van der Waals surface area contributed by atoms with Gasteiger partial charge in [-0.15, -0.1) is 11.3 Å². The Morgan fingerprint density at radius 1 is 1.33 bits per heavy atom. The van der Waals surface area contributed by atoms with Crippen LogP contribution in [0.15, 0.2) is 34.9 Å². The van der Waals surface area contributed by atoms with Gasteiger partial charge < -0.3 is 5.11 Å². The summed E-state index contributed by atoms with van der Waals surface area (Å²) in [5.74, 6) is 0. The molecule has 96 valence electrons. The highest BCUT2D eigenvalue weighted by molar-refractivity contribution is 9.10. The second-order valence-electron chi connectivity index (χ2n) is 3.52. The van der Waals surface area contributed by atoms with E-state index < -0.39 is 17.3 Å². The van der Waals surface area contributed by atoms with Gasteiger partial charge in [-0.05, 0) is 17.7 Å². The number of nitrogens with zero attached hydrogens (tertiary/aromatic N) is 1. The van der Waals surface area contributed by atoms with E-state index >= 15 is 0 Å². The van der Waals surface area contributed by atoms with Crippen LogP contribution >= 0.6 is 27.3 Å². The molecule has 1 heterocycles. The zero-order chi connectivity index (χ0) is 13.3. The molecular weight excluding hydrogens is 331 g/mol. The number of hydrogen-bond donors (Lipinski definition) is 1. The van der Waals surface area contributed by atoms with Crippen LogP contribution in [0.2, 0.25) is 0 Å². The number of benzene rings is 1. The molecule has 1 unspecified atom stereocenters. The fraction of sp³-hybridized carbons (Fsp3) is 0.182. The van der Waals surface area contributed by atoms with Gasteiger partial charge in [0.05, 0.1) is 4.88 Å². The third-order valence-electron chi connectivity index (χ3n) is 2.20. The third kappa shape index (κ3) is 2.90. The fourth-order valence-corrected chi connectivity index (χ4v) is 2.60. The lowest BCUT2D eigenvalue weighted by molar-refractivity contribution is -0.137. The summed E-state index contributed by atoms with van der Waals surface area (Å²) in [4.78, 5) is 3.45. The number of aliphatic hydroxyl groups is 1.